The molecule has 6 heteroatoms. The number of aromatic nitrogens is 1. The van der Waals surface area contributed by atoms with E-state index < -0.39 is 11.9 Å². The van der Waals surface area contributed by atoms with Crippen LogP contribution in [0, 0.1) is 6.92 Å². The Morgan fingerprint density at radius 1 is 0.966 bits per heavy atom. The van der Waals surface area contributed by atoms with Crippen molar-refractivity contribution < 1.29 is 19.1 Å². The molecule has 1 heterocycles. The number of carbonyl (C=O) groups excluding carboxylic acids is 2. The highest BCUT2D eigenvalue weighted by Gasteiger charge is 2.24. The van der Waals surface area contributed by atoms with Gasteiger partial charge in [0, 0.05) is 10.0 Å². The molecule has 29 heavy (non-hydrogen) atoms. The van der Waals surface area contributed by atoms with Crippen molar-refractivity contribution in [3.63, 3.8) is 0 Å². The third kappa shape index (κ3) is 5.09. The number of hydrogen-bond acceptors (Lipinski definition) is 5. The quantitative estimate of drug-likeness (QED) is 0.470. The van der Waals surface area contributed by atoms with E-state index in [1.54, 1.807) is 19.9 Å². The van der Waals surface area contributed by atoms with E-state index in [9.17, 15) is 9.59 Å². The van der Waals surface area contributed by atoms with Gasteiger partial charge >= 0.3 is 11.9 Å². The Morgan fingerprint density at radius 2 is 1.72 bits per heavy atom. The standard InChI is InChI=1S/C23H20BrNO4/c1-3-28-22(26)19-13-20(17-10-7-11-18(24)12-17)25-15(2)21(19)23(27)29-14-16-8-5-4-6-9-16/h4-13H,3,14H2,1-2H3. The lowest BCUT2D eigenvalue weighted by molar-refractivity contribution is 0.0443. The Hall–Kier alpha value is -2.99. The van der Waals surface area contributed by atoms with Crippen molar-refractivity contribution in [2.75, 3.05) is 6.61 Å². The van der Waals surface area contributed by atoms with Crippen molar-refractivity contribution in [1.82, 2.24) is 4.98 Å². The lowest BCUT2D eigenvalue weighted by Gasteiger charge is -2.14. The van der Waals surface area contributed by atoms with E-state index in [2.05, 4.69) is 20.9 Å². The number of halogens is 1. The number of carbonyl (C=O) groups is 2. The monoisotopic (exact) mass is 453 g/mol. The number of nitrogens with zero attached hydrogens (tertiary/aromatic N) is 1. The Kier molecular flexibility index (Phi) is 6.77. The molecule has 1 aromatic heterocycles. The second-order valence-corrected chi connectivity index (χ2v) is 7.22. The molecule has 0 N–H and O–H groups in total. The molecule has 0 aliphatic carbocycles. The van der Waals surface area contributed by atoms with Crippen LogP contribution in [0.5, 0.6) is 0 Å². The maximum Gasteiger partial charge on any atom is 0.341 e. The molecule has 0 unspecified atom stereocenters. The van der Waals surface area contributed by atoms with E-state index in [-0.39, 0.29) is 24.3 Å². The smallest absolute Gasteiger partial charge is 0.341 e. The van der Waals surface area contributed by atoms with Gasteiger partial charge in [0.25, 0.3) is 0 Å². The lowest BCUT2D eigenvalue weighted by Crippen LogP contribution is -2.17. The zero-order valence-corrected chi connectivity index (χ0v) is 17.7. The highest BCUT2D eigenvalue weighted by atomic mass is 79.9. The molecule has 0 amide bonds. The van der Waals surface area contributed by atoms with Gasteiger partial charge in [0.1, 0.15) is 6.61 Å². The van der Waals surface area contributed by atoms with Crippen LogP contribution in [0.1, 0.15) is 38.9 Å². The minimum absolute atomic E-state index is 0.106. The van der Waals surface area contributed by atoms with E-state index >= 15 is 0 Å². The van der Waals surface area contributed by atoms with Gasteiger partial charge in [-0.25, -0.2) is 9.59 Å². The van der Waals surface area contributed by atoms with E-state index in [0.29, 0.717) is 11.4 Å². The maximum absolute atomic E-state index is 12.8. The van der Waals surface area contributed by atoms with Gasteiger partial charge in [0.15, 0.2) is 0 Å². The number of pyridine rings is 1. The van der Waals surface area contributed by atoms with Crippen molar-refractivity contribution in [1.29, 1.82) is 0 Å². The fraction of sp³-hybridized carbons (Fsp3) is 0.174. The van der Waals surface area contributed by atoms with Gasteiger partial charge in [0.05, 0.1) is 29.1 Å². The van der Waals surface area contributed by atoms with Crippen LogP contribution in [0.15, 0.2) is 65.1 Å². The Balaban J connectivity index is 1.98. The molecule has 0 radical (unpaired) electrons. The molecule has 0 fully saturated rings. The van der Waals surface area contributed by atoms with Gasteiger partial charge in [-0.2, -0.15) is 0 Å². The van der Waals surface area contributed by atoms with Gasteiger partial charge in [-0.15, -0.1) is 0 Å². The fourth-order valence-electron chi connectivity index (χ4n) is 2.89. The summed E-state index contributed by atoms with van der Waals surface area (Å²) in [5.41, 5.74) is 2.92. The van der Waals surface area contributed by atoms with Crippen LogP contribution in [0.25, 0.3) is 11.3 Å². The molecule has 0 atom stereocenters. The van der Waals surface area contributed by atoms with Crippen molar-refractivity contribution in [2.24, 2.45) is 0 Å². The molecule has 0 aliphatic rings. The van der Waals surface area contributed by atoms with Crippen LogP contribution in [-0.4, -0.2) is 23.5 Å². The molecule has 0 bridgehead atoms. The molecular weight excluding hydrogens is 434 g/mol. The first kappa shape index (κ1) is 20.7. The number of ether oxygens (including phenoxy) is 2. The molecule has 2 aromatic carbocycles. The fourth-order valence-corrected chi connectivity index (χ4v) is 3.29. The summed E-state index contributed by atoms with van der Waals surface area (Å²) in [7, 11) is 0. The van der Waals surface area contributed by atoms with Crippen molar-refractivity contribution in [3.05, 3.63) is 87.5 Å². The average molecular weight is 454 g/mol. The number of rotatable bonds is 6. The molecule has 5 nitrogen and oxygen atoms in total. The topological polar surface area (TPSA) is 65.5 Å². The minimum Gasteiger partial charge on any atom is -0.462 e. The largest absolute Gasteiger partial charge is 0.462 e. The normalized spacial score (nSPS) is 10.4. The maximum atomic E-state index is 12.8. The number of hydrogen-bond donors (Lipinski definition) is 0. The summed E-state index contributed by atoms with van der Waals surface area (Å²) < 4.78 is 11.5. The van der Waals surface area contributed by atoms with Gasteiger partial charge in [-0.1, -0.05) is 58.4 Å². The Bertz CT molecular complexity index is 1030. The SMILES string of the molecule is CCOC(=O)c1cc(-c2cccc(Br)c2)nc(C)c1C(=O)OCc1ccccc1. The molecule has 3 aromatic rings. The predicted molar refractivity (Wildman–Crippen MR) is 114 cm³/mol. The first-order valence-corrected chi connectivity index (χ1v) is 9.94. The van der Waals surface area contributed by atoms with Gasteiger partial charge in [-0.3, -0.25) is 4.98 Å². The summed E-state index contributed by atoms with van der Waals surface area (Å²) >= 11 is 3.44. The molecule has 0 aliphatic heterocycles. The summed E-state index contributed by atoms with van der Waals surface area (Å²) in [6, 6.07) is 18.5. The molecule has 3 rings (SSSR count). The molecule has 0 spiro atoms. The summed E-state index contributed by atoms with van der Waals surface area (Å²) in [6.07, 6.45) is 0. The third-order valence-electron chi connectivity index (χ3n) is 4.23. The predicted octanol–water partition coefficient (Wildman–Crippen LogP) is 5.35. The third-order valence-corrected chi connectivity index (χ3v) is 4.73. The van der Waals surface area contributed by atoms with Crippen LogP contribution < -0.4 is 0 Å². The van der Waals surface area contributed by atoms with Crippen molar-refractivity contribution >= 4 is 27.9 Å². The first-order chi connectivity index (χ1) is 14.0. The number of aryl methyl sites for hydroxylation is 1. The minimum atomic E-state index is -0.609. The first-order valence-electron chi connectivity index (χ1n) is 9.15. The van der Waals surface area contributed by atoms with Gasteiger partial charge in [-0.05, 0) is 37.6 Å². The summed E-state index contributed by atoms with van der Waals surface area (Å²) in [5.74, 6) is -1.19. The molecule has 0 saturated carbocycles. The van der Waals surface area contributed by atoms with E-state index in [1.165, 1.54) is 0 Å². The number of benzene rings is 2. The van der Waals surface area contributed by atoms with Crippen LogP contribution in [0.3, 0.4) is 0 Å². The molecular formula is C23H20BrNO4. The second-order valence-electron chi connectivity index (χ2n) is 6.31. The summed E-state index contributed by atoms with van der Waals surface area (Å²) in [6.45, 7) is 3.71. The Morgan fingerprint density at radius 3 is 2.41 bits per heavy atom. The second kappa shape index (κ2) is 9.47. The number of esters is 2. The highest BCUT2D eigenvalue weighted by molar-refractivity contribution is 9.10. The molecule has 148 valence electrons. The highest BCUT2D eigenvalue weighted by Crippen LogP contribution is 2.26. The van der Waals surface area contributed by atoms with E-state index in [4.69, 9.17) is 9.47 Å². The van der Waals surface area contributed by atoms with Crippen LogP contribution in [-0.2, 0) is 16.1 Å². The summed E-state index contributed by atoms with van der Waals surface area (Å²) in [5, 5.41) is 0. The van der Waals surface area contributed by atoms with Gasteiger partial charge < -0.3 is 9.47 Å². The lowest BCUT2D eigenvalue weighted by atomic mass is 10.0. The van der Waals surface area contributed by atoms with Crippen molar-refractivity contribution in [2.45, 2.75) is 20.5 Å². The van der Waals surface area contributed by atoms with Crippen LogP contribution in [0.2, 0.25) is 0 Å². The van der Waals surface area contributed by atoms with E-state index in [0.717, 1.165) is 15.6 Å². The molecule has 0 saturated heterocycles. The van der Waals surface area contributed by atoms with E-state index in [1.807, 2.05) is 54.6 Å². The zero-order valence-electron chi connectivity index (χ0n) is 16.1. The van der Waals surface area contributed by atoms with Crippen molar-refractivity contribution in [3.8, 4) is 11.3 Å². The van der Waals surface area contributed by atoms with Gasteiger partial charge in [0.2, 0.25) is 0 Å². The van der Waals surface area contributed by atoms with Crippen LogP contribution in [0.4, 0.5) is 0 Å². The van der Waals surface area contributed by atoms with Crippen LogP contribution >= 0.6 is 15.9 Å². The average Bonchev–Trinajstić information content (AvgIpc) is 2.72. The Labute approximate surface area is 177 Å². The zero-order chi connectivity index (χ0) is 20.8. The summed E-state index contributed by atoms with van der Waals surface area (Å²) in [4.78, 5) is 29.9.